The molecule has 16 heavy (non-hydrogen) atoms. The molecule has 2 aromatic rings. The van der Waals surface area contributed by atoms with Crippen molar-refractivity contribution in [3.8, 4) is 0 Å². The van der Waals surface area contributed by atoms with E-state index in [9.17, 15) is 0 Å². The summed E-state index contributed by atoms with van der Waals surface area (Å²) in [6.07, 6.45) is 0. The summed E-state index contributed by atoms with van der Waals surface area (Å²) in [6, 6.07) is 10.2. The quantitative estimate of drug-likeness (QED) is 0.568. The van der Waals surface area contributed by atoms with Gasteiger partial charge in [-0.25, -0.2) is 0 Å². The van der Waals surface area contributed by atoms with Crippen LogP contribution in [0, 0.1) is 6.92 Å². The molecule has 1 atom stereocenters. The fourth-order valence-corrected chi connectivity index (χ4v) is 3.58. The average molecular weight is 381 g/mol. The predicted octanol–water partition coefficient (Wildman–Crippen LogP) is 5.91. The fourth-order valence-electron chi connectivity index (χ4n) is 1.40. The molecule has 1 aromatic carbocycles. The number of benzene rings is 1. The lowest BCUT2D eigenvalue weighted by molar-refractivity contribution is 1.18. The van der Waals surface area contributed by atoms with E-state index in [1.807, 2.05) is 24.3 Å². The summed E-state index contributed by atoms with van der Waals surface area (Å²) < 4.78 is 2.21. The molecule has 0 radical (unpaired) electrons. The van der Waals surface area contributed by atoms with Crippen LogP contribution in [0.3, 0.4) is 0 Å². The van der Waals surface area contributed by atoms with Gasteiger partial charge in [0.1, 0.15) is 0 Å². The van der Waals surface area contributed by atoms with E-state index in [4.69, 9.17) is 11.6 Å². The maximum Gasteiger partial charge on any atom is 0.0928 e. The zero-order chi connectivity index (χ0) is 11.7. The number of halogens is 3. The summed E-state index contributed by atoms with van der Waals surface area (Å²) in [7, 11) is 0. The van der Waals surface area contributed by atoms with Crippen LogP contribution < -0.4 is 0 Å². The third-order valence-corrected chi connectivity index (χ3v) is 5.64. The third kappa shape index (κ3) is 2.70. The number of rotatable bonds is 2. The normalized spacial score (nSPS) is 12.8. The zero-order valence-corrected chi connectivity index (χ0v) is 13.3. The van der Waals surface area contributed by atoms with Crippen molar-refractivity contribution in [2.24, 2.45) is 0 Å². The molecule has 0 nitrogen and oxygen atoms in total. The minimum absolute atomic E-state index is 0.0666. The molecule has 84 valence electrons. The Morgan fingerprint density at radius 2 is 1.81 bits per heavy atom. The molecule has 2 rings (SSSR count). The van der Waals surface area contributed by atoms with Crippen LogP contribution in [0.2, 0.25) is 0 Å². The molecule has 1 aromatic heterocycles. The molecule has 0 saturated carbocycles. The first-order chi connectivity index (χ1) is 7.58. The molecule has 0 amide bonds. The lowest BCUT2D eigenvalue weighted by Gasteiger charge is -2.07. The molecule has 1 heterocycles. The number of alkyl halides is 1. The van der Waals surface area contributed by atoms with Crippen molar-refractivity contribution in [1.29, 1.82) is 0 Å². The molecule has 0 bridgehead atoms. The third-order valence-electron chi connectivity index (χ3n) is 2.29. The molecule has 0 spiro atoms. The van der Waals surface area contributed by atoms with E-state index in [2.05, 4.69) is 44.8 Å². The SMILES string of the molecule is Cc1sc(C(Cl)c2ccc(Br)cc2)cc1Br. The van der Waals surface area contributed by atoms with E-state index in [-0.39, 0.29) is 5.38 Å². The van der Waals surface area contributed by atoms with Crippen molar-refractivity contribution < 1.29 is 0 Å². The van der Waals surface area contributed by atoms with Crippen LogP contribution in [-0.2, 0) is 0 Å². The lowest BCUT2D eigenvalue weighted by Crippen LogP contribution is -1.88. The molecule has 0 N–H and O–H groups in total. The van der Waals surface area contributed by atoms with Crippen LogP contribution in [0.4, 0.5) is 0 Å². The molecule has 0 aliphatic carbocycles. The Kier molecular flexibility index (Phi) is 4.11. The van der Waals surface area contributed by atoms with E-state index >= 15 is 0 Å². The van der Waals surface area contributed by atoms with Gasteiger partial charge in [-0.1, -0.05) is 28.1 Å². The summed E-state index contributed by atoms with van der Waals surface area (Å²) in [4.78, 5) is 2.44. The van der Waals surface area contributed by atoms with Crippen molar-refractivity contribution in [3.63, 3.8) is 0 Å². The zero-order valence-electron chi connectivity index (χ0n) is 8.51. The highest BCUT2D eigenvalue weighted by Gasteiger charge is 2.14. The van der Waals surface area contributed by atoms with E-state index in [1.165, 1.54) is 9.75 Å². The maximum absolute atomic E-state index is 6.44. The number of hydrogen-bond donors (Lipinski definition) is 0. The van der Waals surface area contributed by atoms with Gasteiger partial charge in [0.15, 0.2) is 0 Å². The Balaban J connectivity index is 2.31. The van der Waals surface area contributed by atoms with E-state index in [0.717, 1.165) is 14.5 Å². The van der Waals surface area contributed by atoms with Crippen molar-refractivity contribution in [1.82, 2.24) is 0 Å². The smallest absolute Gasteiger partial charge is 0.0928 e. The van der Waals surface area contributed by atoms with Gasteiger partial charge < -0.3 is 0 Å². The van der Waals surface area contributed by atoms with Crippen LogP contribution in [0.5, 0.6) is 0 Å². The Hall–Kier alpha value is 0.170. The highest BCUT2D eigenvalue weighted by atomic mass is 79.9. The first kappa shape index (κ1) is 12.6. The monoisotopic (exact) mass is 378 g/mol. The van der Waals surface area contributed by atoms with E-state index < -0.39 is 0 Å². The largest absolute Gasteiger partial charge is 0.143 e. The van der Waals surface area contributed by atoms with Gasteiger partial charge in [-0.05, 0) is 46.6 Å². The van der Waals surface area contributed by atoms with Crippen LogP contribution in [0.1, 0.15) is 20.7 Å². The van der Waals surface area contributed by atoms with Gasteiger partial charge in [0.2, 0.25) is 0 Å². The lowest BCUT2D eigenvalue weighted by atomic mass is 10.1. The summed E-state index contributed by atoms with van der Waals surface area (Å²) in [5, 5.41) is -0.0666. The summed E-state index contributed by atoms with van der Waals surface area (Å²) in [6.45, 7) is 2.09. The molecule has 4 heteroatoms. The Labute approximate surface area is 121 Å². The number of aryl methyl sites for hydroxylation is 1. The molecular weight excluding hydrogens is 371 g/mol. The van der Waals surface area contributed by atoms with Gasteiger partial charge in [-0.15, -0.1) is 22.9 Å². The Morgan fingerprint density at radius 1 is 1.19 bits per heavy atom. The van der Waals surface area contributed by atoms with Gasteiger partial charge in [0.25, 0.3) is 0 Å². The molecule has 0 fully saturated rings. The van der Waals surface area contributed by atoms with Gasteiger partial charge >= 0.3 is 0 Å². The van der Waals surface area contributed by atoms with E-state index in [0.29, 0.717) is 0 Å². The van der Waals surface area contributed by atoms with Gasteiger partial charge in [0, 0.05) is 18.7 Å². The second kappa shape index (κ2) is 5.21. The number of thiophene rings is 1. The first-order valence-corrected chi connectivity index (χ1v) is 7.57. The van der Waals surface area contributed by atoms with Crippen molar-refractivity contribution >= 4 is 54.8 Å². The molecule has 0 aliphatic heterocycles. The van der Waals surface area contributed by atoms with Crippen LogP contribution in [0.15, 0.2) is 39.3 Å². The minimum Gasteiger partial charge on any atom is -0.143 e. The Bertz CT molecular complexity index is 471. The second-order valence-corrected chi connectivity index (χ2v) is 6.96. The van der Waals surface area contributed by atoms with Gasteiger partial charge in [-0.3, -0.25) is 0 Å². The predicted molar refractivity (Wildman–Crippen MR) is 78.6 cm³/mol. The van der Waals surface area contributed by atoms with Crippen LogP contribution in [-0.4, -0.2) is 0 Å². The molecule has 0 aliphatic rings. The maximum atomic E-state index is 6.44. The molecule has 0 saturated heterocycles. The molecule has 1 unspecified atom stereocenters. The summed E-state index contributed by atoms with van der Waals surface area (Å²) in [5.74, 6) is 0. The fraction of sp³-hybridized carbons (Fsp3) is 0.167. The Morgan fingerprint density at radius 3 is 2.31 bits per heavy atom. The topological polar surface area (TPSA) is 0 Å². The van der Waals surface area contributed by atoms with Crippen molar-refractivity contribution in [2.75, 3.05) is 0 Å². The summed E-state index contributed by atoms with van der Waals surface area (Å²) >= 11 is 15.1. The standard InChI is InChI=1S/C12H9Br2ClS/c1-7-10(14)6-11(16-7)12(15)8-2-4-9(13)5-3-8/h2-6,12H,1H3. The van der Waals surface area contributed by atoms with Crippen LogP contribution in [0.25, 0.3) is 0 Å². The van der Waals surface area contributed by atoms with Crippen molar-refractivity contribution in [2.45, 2.75) is 12.3 Å². The molecular formula is C12H9Br2ClS. The van der Waals surface area contributed by atoms with Crippen LogP contribution >= 0.6 is 54.8 Å². The second-order valence-electron chi connectivity index (χ2n) is 3.47. The van der Waals surface area contributed by atoms with Gasteiger partial charge in [-0.2, -0.15) is 0 Å². The minimum atomic E-state index is -0.0666. The summed E-state index contributed by atoms with van der Waals surface area (Å²) in [5.41, 5.74) is 1.12. The number of hydrogen-bond acceptors (Lipinski definition) is 1. The average Bonchev–Trinajstić information content (AvgIpc) is 2.59. The highest BCUT2D eigenvalue weighted by molar-refractivity contribution is 9.10. The van der Waals surface area contributed by atoms with Gasteiger partial charge in [0.05, 0.1) is 5.38 Å². The highest BCUT2D eigenvalue weighted by Crippen LogP contribution is 2.37. The first-order valence-electron chi connectivity index (χ1n) is 4.73. The van der Waals surface area contributed by atoms with E-state index in [1.54, 1.807) is 11.3 Å². The van der Waals surface area contributed by atoms with Crippen molar-refractivity contribution in [3.05, 3.63) is 54.6 Å².